The Labute approximate surface area is 207 Å². The molecule has 4 rings (SSSR count). The van der Waals surface area contributed by atoms with Crippen LogP contribution in [0.3, 0.4) is 0 Å². The van der Waals surface area contributed by atoms with E-state index < -0.39 is 12.2 Å². The van der Waals surface area contributed by atoms with Crippen LogP contribution in [0, 0.1) is 11.3 Å². The number of aromatic nitrogens is 1. The van der Waals surface area contributed by atoms with Crippen molar-refractivity contribution in [2.45, 2.75) is 74.6 Å². The first-order chi connectivity index (χ1) is 16.3. The number of nitrogens with zero attached hydrogens (tertiary/aromatic N) is 3. The monoisotopic (exact) mass is 543 g/mol. The molecule has 1 aromatic rings. The summed E-state index contributed by atoms with van der Waals surface area (Å²) in [6, 6.07) is 2.08. The third kappa shape index (κ3) is 6.12. The van der Waals surface area contributed by atoms with Crippen molar-refractivity contribution < 1.29 is 17.9 Å². The Morgan fingerprint density at radius 1 is 1.26 bits per heavy atom. The Morgan fingerprint density at radius 2 is 2.06 bits per heavy atom. The average Bonchev–Trinajstić information content (AvgIpc) is 3.64. The predicted octanol–water partition coefficient (Wildman–Crippen LogP) is 5.05. The van der Waals surface area contributed by atoms with Crippen LogP contribution in [0.1, 0.15) is 50.5 Å². The molecule has 10 heteroatoms. The molecule has 2 heterocycles. The van der Waals surface area contributed by atoms with E-state index in [1.54, 1.807) is 18.3 Å². The second-order valence-corrected chi connectivity index (χ2v) is 10.4. The van der Waals surface area contributed by atoms with Gasteiger partial charge >= 0.3 is 6.18 Å². The topological polar surface area (TPSA) is 64.5 Å². The number of hydrazine groups is 1. The number of ether oxygens (including phenoxy) is 1. The largest absolute Gasteiger partial charge is 0.472 e. The molecule has 3 unspecified atom stereocenters. The molecule has 6 nitrogen and oxygen atoms in total. The number of alkyl halides is 4. The van der Waals surface area contributed by atoms with Gasteiger partial charge in [0, 0.05) is 38.3 Å². The molecular formula is C24H33BrF3N5O. The van der Waals surface area contributed by atoms with E-state index in [4.69, 9.17) is 10.1 Å². The first-order valence-corrected chi connectivity index (χ1v) is 13.0. The number of pyridine rings is 1. The third-order valence-corrected chi connectivity index (χ3v) is 7.90. The molecule has 1 aliphatic heterocycles. The molecular weight excluding hydrogens is 511 g/mol. The maximum Gasteiger partial charge on any atom is 0.404 e. The lowest BCUT2D eigenvalue weighted by Gasteiger charge is -2.35. The number of nitrogens with one attached hydrogen (secondary N) is 2. The zero-order valence-electron chi connectivity index (χ0n) is 19.5. The summed E-state index contributed by atoms with van der Waals surface area (Å²) in [5, 5.41) is 10.7. The van der Waals surface area contributed by atoms with Crippen molar-refractivity contribution >= 4 is 21.6 Å². The van der Waals surface area contributed by atoms with E-state index >= 15 is 0 Å². The van der Waals surface area contributed by atoms with E-state index in [-0.39, 0.29) is 23.9 Å². The molecule has 0 amide bonds. The van der Waals surface area contributed by atoms with Crippen LogP contribution in [-0.4, -0.2) is 63.9 Å². The fourth-order valence-corrected chi connectivity index (χ4v) is 5.32. The molecule has 1 saturated carbocycles. The standard InChI is InChI=1S/C24H33BrF3N5O/c1-30-33(14-16-8-9-16)18-10-11-19(21(25)22(18)29)34-23-17(6-5-12-31-23)15-32-13-4-2-3-7-20(32)24(26,27)28/h5-6,10,12,16,19-21,29-30H,2-4,7-9,11,13-15H2,1H3. The first-order valence-electron chi connectivity index (χ1n) is 12.1. The van der Waals surface area contributed by atoms with E-state index in [0.717, 1.165) is 25.1 Å². The summed E-state index contributed by atoms with van der Waals surface area (Å²) >= 11 is 3.63. The van der Waals surface area contributed by atoms with Gasteiger partial charge in [0.25, 0.3) is 0 Å². The van der Waals surface area contributed by atoms with Crippen LogP contribution in [0.5, 0.6) is 5.88 Å². The van der Waals surface area contributed by atoms with Gasteiger partial charge in [-0.05, 0) is 44.2 Å². The molecule has 0 radical (unpaired) electrons. The van der Waals surface area contributed by atoms with E-state index in [9.17, 15) is 13.2 Å². The molecule has 2 N–H and O–H groups in total. The number of hydrogen-bond acceptors (Lipinski definition) is 6. The molecule has 2 aliphatic carbocycles. The van der Waals surface area contributed by atoms with E-state index in [0.29, 0.717) is 42.5 Å². The maximum absolute atomic E-state index is 13.7. The van der Waals surface area contributed by atoms with Gasteiger partial charge in [0.15, 0.2) is 0 Å². The Morgan fingerprint density at radius 3 is 2.76 bits per heavy atom. The number of hydrogen-bond donors (Lipinski definition) is 2. The number of allylic oxidation sites excluding steroid dienone is 1. The van der Waals surface area contributed by atoms with Crippen molar-refractivity contribution in [2.24, 2.45) is 5.92 Å². The van der Waals surface area contributed by atoms with Crippen LogP contribution in [0.4, 0.5) is 13.2 Å². The van der Waals surface area contributed by atoms with Crippen molar-refractivity contribution in [3.8, 4) is 5.88 Å². The number of rotatable bonds is 8. The van der Waals surface area contributed by atoms with Crippen molar-refractivity contribution in [2.75, 3.05) is 20.1 Å². The quantitative estimate of drug-likeness (QED) is 0.354. The van der Waals surface area contributed by atoms with Crippen molar-refractivity contribution in [1.29, 1.82) is 5.41 Å². The summed E-state index contributed by atoms with van der Waals surface area (Å²) in [5.74, 6) is 1.01. The highest BCUT2D eigenvalue weighted by molar-refractivity contribution is 9.10. The zero-order valence-corrected chi connectivity index (χ0v) is 21.0. The van der Waals surface area contributed by atoms with Gasteiger partial charge in [-0.25, -0.2) is 10.4 Å². The van der Waals surface area contributed by atoms with Gasteiger partial charge in [-0.2, -0.15) is 13.2 Å². The van der Waals surface area contributed by atoms with Crippen molar-refractivity contribution in [1.82, 2.24) is 20.3 Å². The number of halogens is 4. The number of likely N-dealkylation sites (tertiary alicyclic amines) is 1. The second kappa shape index (κ2) is 11.0. The van der Waals surface area contributed by atoms with E-state index in [2.05, 4.69) is 26.3 Å². The Balaban J connectivity index is 1.48. The molecule has 1 aromatic heterocycles. The molecule has 0 spiro atoms. The molecule has 188 valence electrons. The highest BCUT2D eigenvalue weighted by Crippen LogP contribution is 2.35. The first kappa shape index (κ1) is 25.4. The highest BCUT2D eigenvalue weighted by Gasteiger charge is 2.44. The van der Waals surface area contributed by atoms with Crippen LogP contribution >= 0.6 is 15.9 Å². The zero-order chi connectivity index (χ0) is 24.3. The van der Waals surface area contributed by atoms with Crippen LogP contribution < -0.4 is 10.2 Å². The van der Waals surface area contributed by atoms with E-state index in [1.165, 1.54) is 17.7 Å². The minimum Gasteiger partial charge on any atom is -0.472 e. The molecule has 3 aliphatic rings. The summed E-state index contributed by atoms with van der Waals surface area (Å²) in [6.07, 6.45) is 4.26. The molecule has 0 bridgehead atoms. The Kier molecular flexibility index (Phi) is 8.20. The van der Waals surface area contributed by atoms with Crippen LogP contribution in [-0.2, 0) is 6.54 Å². The maximum atomic E-state index is 13.7. The third-order valence-electron chi connectivity index (χ3n) is 6.85. The van der Waals surface area contributed by atoms with E-state index in [1.807, 2.05) is 18.1 Å². The minimum atomic E-state index is -4.26. The van der Waals surface area contributed by atoms with Gasteiger partial charge in [0.1, 0.15) is 12.1 Å². The molecule has 3 atom stereocenters. The summed E-state index contributed by atoms with van der Waals surface area (Å²) in [4.78, 5) is 5.53. The summed E-state index contributed by atoms with van der Waals surface area (Å²) in [5.41, 5.74) is 5.10. The van der Waals surface area contributed by atoms with Gasteiger partial charge in [-0.15, -0.1) is 0 Å². The fourth-order valence-electron chi connectivity index (χ4n) is 4.76. The van der Waals surface area contributed by atoms with Gasteiger partial charge in [0.05, 0.1) is 16.2 Å². The summed E-state index contributed by atoms with van der Waals surface area (Å²) < 4.78 is 47.4. The second-order valence-electron chi connectivity index (χ2n) is 9.42. The molecule has 2 fully saturated rings. The van der Waals surface area contributed by atoms with Crippen molar-refractivity contribution in [3.63, 3.8) is 0 Å². The van der Waals surface area contributed by atoms with Crippen LogP contribution in [0.25, 0.3) is 0 Å². The normalized spacial score (nSPS) is 26.7. The molecule has 34 heavy (non-hydrogen) atoms. The smallest absolute Gasteiger partial charge is 0.404 e. The highest BCUT2D eigenvalue weighted by atomic mass is 79.9. The summed E-state index contributed by atoms with van der Waals surface area (Å²) in [7, 11) is 1.86. The average molecular weight is 544 g/mol. The fraction of sp³-hybridized carbons (Fsp3) is 0.667. The SMILES string of the molecule is CNN(CC1CC1)C1=CCC(Oc2ncccc2CN2CCCCCC2C(F)(F)F)C(Br)C1=N. The van der Waals surface area contributed by atoms with Crippen LogP contribution in [0.15, 0.2) is 30.1 Å². The molecule has 0 aromatic carbocycles. The lowest BCUT2D eigenvalue weighted by Crippen LogP contribution is -2.46. The van der Waals surface area contributed by atoms with Gasteiger partial charge in [-0.3, -0.25) is 4.90 Å². The van der Waals surface area contributed by atoms with Crippen LogP contribution in [0.2, 0.25) is 0 Å². The Hall–Kier alpha value is -1.65. The van der Waals surface area contributed by atoms with Gasteiger partial charge in [0.2, 0.25) is 5.88 Å². The minimum absolute atomic E-state index is 0.125. The van der Waals surface area contributed by atoms with Gasteiger partial charge in [-0.1, -0.05) is 40.9 Å². The van der Waals surface area contributed by atoms with Gasteiger partial charge < -0.3 is 15.2 Å². The molecule has 1 saturated heterocycles. The lowest BCUT2D eigenvalue weighted by atomic mass is 9.98. The Bertz CT molecular complexity index is 892. The summed E-state index contributed by atoms with van der Waals surface area (Å²) in [6.45, 7) is 1.41. The van der Waals surface area contributed by atoms with Crippen molar-refractivity contribution in [3.05, 3.63) is 35.7 Å². The lowest BCUT2D eigenvalue weighted by molar-refractivity contribution is -0.185. The predicted molar refractivity (Wildman–Crippen MR) is 129 cm³/mol.